The zero-order chi connectivity index (χ0) is 25.7. The number of hydrogen-bond donors (Lipinski definition) is 2. The lowest BCUT2D eigenvalue weighted by atomic mass is 9.49. The topological polar surface area (TPSA) is 105 Å². The fourth-order valence-electron chi connectivity index (χ4n) is 4.63. The first-order valence-corrected chi connectivity index (χ1v) is 12.2. The number of ether oxygens (including phenoxy) is 1. The summed E-state index contributed by atoms with van der Waals surface area (Å²) < 4.78 is 11.6. The van der Waals surface area contributed by atoms with Gasteiger partial charge in [-0.1, -0.05) is 12.2 Å². The summed E-state index contributed by atoms with van der Waals surface area (Å²) >= 11 is 0. The number of benzene rings is 1. The van der Waals surface area contributed by atoms with Gasteiger partial charge in [-0.15, -0.1) is 0 Å². The molecule has 1 aromatic carbocycles. The number of fused-ring (bicyclic) bond motifs is 2. The lowest BCUT2D eigenvalue weighted by molar-refractivity contribution is -0.117. The monoisotopic (exact) mass is 488 g/mol. The van der Waals surface area contributed by atoms with Crippen LogP contribution in [0.4, 0.5) is 17.3 Å². The van der Waals surface area contributed by atoms with Gasteiger partial charge in [0, 0.05) is 47.9 Å². The molecule has 12 heteroatoms. The lowest BCUT2D eigenvalue weighted by Crippen LogP contribution is -2.40. The van der Waals surface area contributed by atoms with Gasteiger partial charge in [-0.25, -0.2) is 15.0 Å². The maximum absolute atomic E-state index is 12.5. The summed E-state index contributed by atoms with van der Waals surface area (Å²) in [5, 5.41) is 5.30. The third-order valence-electron chi connectivity index (χ3n) is 6.78. The predicted molar refractivity (Wildman–Crippen MR) is 145 cm³/mol. The molecule has 6 radical (unpaired) electrons. The number of morpholine rings is 1. The first kappa shape index (κ1) is 23.8. The SMILES string of the molecule is [B]C([B])([B])Nc1ncc(-c2nc3cc(N4CCOCC4)ccc3o2)c2cc(NC(=O)[C@H]3C[C@H]3C)ncc12. The van der Waals surface area contributed by atoms with Crippen molar-refractivity contribution in [1.82, 2.24) is 15.0 Å². The number of oxazole rings is 1. The summed E-state index contributed by atoms with van der Waals surface area (Å²) in [6, 6.07) is 7.71. The van der Waals surface area contributed by atoms with Crippen molar-refractivity contribution in [2.75, 3.05) is 41.8 Å². The van der Waals surface area contributed by atoms with Gasteiger partial charge in [0.25, 0.3) is 0 Å². The highest BCUT2D eigenvalue weighted by Gasteiger charge is 2.39. The summed E-state index contributed by atoms with van der Waals surface area (Å²) in [6.45, 7) is 5.09. The Morgan fingerprint density at radius 2 is 1.89 bits per heavy atom. The van der Waals surface area contributed by atoms with E-state index < -0.39 is 5.24 Å². The van der Waals surface area contributed by atoms with E-state index in [2.05, 4.69) is 32.4 Å². The molecule has 1 amide bonds. The van der Waals surface area contributed by atoms with Gasteiger partial charge in [0.2, 0.25) is 11.8 Å². The molecule has 180 valence electrons. The zero-order valence-electron chi connectivity index (χ0n) is 20.4. The zero-order valence-corrected chi connectivity index (χ0v) is 20.4. The average Bonchev–Trinajstić information content (AvgIpc) is 3.46. The molecule has 1 aliphatic carbocycles. The molecule has 2 fully saturated rings. The van der Waals surface area contributed by atoms with Gasteiger partial charge in [-0.05, 0) is 36.6 Å². The molecule has 0 unspecified atom stereocenters. The molecule has 2 N–H and O–H groups in total. The van der Waals surface area contributed by atoms with E-state index in [0.29, 0.717) is 58.6 Å². The molecule has 1 saturated heterocycles. The average molecular weight is 488 g/mol. The van der Waals surface area contributed by atoms with Crippen LogP contribution >= 0.6 is 0 Å². The second-order valence-electron chi connectivity index (χ2n) is 9.77. The molecule has 0 spiro atoms. The van der Waals surface area contributed by atoms with Gasteiger partial charge in [0.1, 0.15) is 17.2 Å². The van der Waals surface area contributed by atoms with Crippen LogP contribution in [0, 0.1) is 11.8 Å². The first-order chi connectivity index (χ1) is 17.7. The van der Waals surface area contributed by atoms with Crippen molar-refractivity contribution in [3.05, 3.63) is 36.7 Å². The molecule has 2 atom stereocenters. The van der Waals surface area contributed by atoms with Crippen molar-refractivity contribution in [2.45, 2.75) is 18.6 Å². The van der Waals surface area contributed by atoms with Crippen molar-refractivity contribution in [3.63, 3.8) is 0 Å². The van der Waals surface area contributed by atoms with Crippen molar-refractivity contribution >= 4 is 68.6 Å². The molecule has 3 aromatic heterocycles. The predicted octanol–water partition coefficient (Wildman–Crippen LogP) is 2.40. The van der Waals surface area contributed by atoms with Gasteiger partial charge in [-0.2, -0.15) is 0 Å². The number of pyridine rings is 2. The highest BCUT2D eigenvalue weighted by atomic mass is 16.5. The van der Waals surface area contributed by atoms with Gasteiger partial charge >= 0.3 is 0 Å². The highest BCUT2D eigenvalue weighted by Crippen LogP contribution is 2.39. The minimum absolute atomic E-state index is 0.0108. The second kappa shape index (κ2) is 9.10. The molecular weight excluding hydrogens is 465 g/mol. The smallest absolute Gasteiger partial charge is 0.229 e. The normalized spacial score (nSPS) is 19.8. The van der Waals surface area contributed by atoms with Crippen LogP contribution in [-0.4, -0.2) is 75.9 Å². The molecule has 2 aliphatic rings. The Labute approximate surface area is 218 Å². The van der Waals surface area contributed by atoms with Crippen LogP contribution in [0.25, 0.3) is 33.3 Å². The molecule has 4 aromatic rings. The molecule has 1 aliphatic heterocycles. The van der Waals surface area contributed by atoms with E-state index in [9.17, 15) is 4.79 Å². The Bertz CT molecular complexity index is 1500. The Kier molecular flexibility index (Phi) is 5.86. The number of nitrogens with one attached hydrogen (secondary N) is 2. The second-order valence-corrected chi connectivity index (χ2v) is 9.77. The third kappa shape index (κ3) is 4.90. The molecule has 37 heavy (non-hydrogen) atoms. The maximum Gasteiger partial charge on any atom is 0.229 e. The molecule has 4 heterocycles. The third-order valence-corrected chi connectivity index (χ3v) is 6.78. The fraction of sp³-hybridized carbons (Fsp3) is 0.360. The molecule has 6 rings (SSSR count). The largest absolute Gasteiger partial charge is 0.436 e. The number of aromatic nitrogens is 3. The number of carbonyl (C=O) groups excluding carboxylic acids is 1. The summed E-state index contributed by atoms with van der Waals surface area (Å²) in [5.41, 5.74) is 3.06. The van der Waals surface area contributed by atoms with E-state index in [1.807, 2.05) is 18.2 Å². The Morgan fingerprint density at radius 3 is 2.62 bits per heavy atom. The number of rotatable bonds is 6. The van der Waals surface area contributed by atoms with E-state index in [-0.39, 0.29) is 11.8 Å². The number of hydrogen-bond acceptors (Lipinski definition) is 8. The van der Waals surface area contributed by atoms with E-state index in [0.717, 1.165) is 30.7 Å². The summed E-state index contributed by atoms with van der Waals surface area (Å²) in [7, 11) is 17.3. The molecule has 9 nitrogen and oxygen atoms in total. The quantitative estimate of drug-likeness (QED) is 0.399. The van der Waals surface area contributed by atoms with Crippen LogP contribution < -0.4 is 15.5 Å². The van der Waals surface area contributed by atoms with E-state index in [4.69, 9.17) is 37.7 Å². The van der Waals surface area contributed by atoms with Crippen molar-refractivity contribution in [3.8, 4) is 11.5 Å². The summed E-state index contributed by atoms with van der Waals surface area (Å²) in [6.07, 6.45) is 4.08. The molecule has 1 saturated carbocycles. The Morgan fingerprint density at radius 1 is 1.11 bits per heavy atom. The molecular formula is C25H23B3N6O3. The van der Waals surface area contributed by atoms with Crippen LogP contribution in [0.5, 0.6) is 0 Å². The minimum Gasteiger partial charge on any atom is -0.436 e. The van der Waals surface area contributed by atoms with Crippen molar-refractivity contribution < 1.29 is 13.9 Å². The van der Waals surface area contributed by atoms with Crippen molar-refractivity contribution in [2.24, 2.45) is 11.8 Å². The minimum atomic E-state index is -1.69. The van der Waals surface area contributed by atoms with Crippen molar-refractivity contribution in [1.29, 1.82) is 0 Å². The number of carbonyl (C=O) groups is 1. The van der Waals surface area contributed by atoms with E-state index in [1.165, 1.54) is 0 Å². The summed E-state index contributed by atoms with van der Waals surface area (Å²) in [5.74, 6) is 1.49. The van der Waals surface area contributed by atoms with Crippen LogP contribution in [-0.2, 0) is 9.53 Å². The van der Waals surface area contributed by atoms with Gasteiger partial charge in [0.15, 0.2) is 5.58 Å². The highest BCUT2D eigenvalue weighted by molar-refractivity contribution is 6.60. The van der Waals surface area contributed by atoms with E-state index >= 15 is 0 Å². The van der Waals surface area contributed by atoms with Crippen LogP contribution in [0.15, 0.2) is 41.1 Å². The van der Waals surface area contributed by atoms with Gasteiger partial charge < -0.3 is 24.7 Å². The summed E-state index contributed by atoms with van der Waals surface area (Å²) in [4.78, 5) is 28.4. The number of nitrogens with zero attached hydrogens (tertiary/aromatic N) is 4. The van der Waals surface area contributed by atoms with Gasteiger partial charge in [-0.3, -0.25) is 4.79 Å². The van der Waals surface area contributed by atoms with Crippen LogP contribution in [0.1, 0.15) is 13.3 Å². The molecule has 0 bridgehead atoms. The van der Waals surface area contributed by atoms with Gasteiger partial charge in [0.05, 0.1) is 42.3 Å². The van der Waals surface area contributed by atoms with Crippen LogP contribution in [0.3, 0.4) is 0 Å². The Balaban J connectivity index is 1.41. The van der Waals surface area contributed by atoms with Crippen LogP contribution in [0.2, 0.25) is 0 Å². The fourth-order valence-corrected chi connectivity index (χ4v) is 4.63. The maximum atomic E-state index is 12.5. The lowest BCUT2D eigenvalue weighted by Gasteiger charge is -2.28. The standard InChI is InChI=1S/C25H23B3N6O3/c1-13-8-15(13)23(35)32-21-10-16-17(11-29-21)22(33-25(26,27)28)30-12-18(16)24-31-19-9-14(2-3-20(19)37-24)34-4-6-36-7-5-34/h2-3,9-13,15H,4-8H2,1H3,(H,30,33)(H,29,32,35)/t13-,15+/m1/s1. The Hall–Kier alpha value is -3.53. The number of amides is 1. The first-order valence-electron chi connectivity index (χ1n) is 12.2. The number of anilines is 3. The van der Waals surface area contributed by atoms with E-state index in [1.54, 1.807) is 18.5 Å².